The highest BCUT2D eigenvalue weighted by molar-refractivity contribution is 4.87. The average molecular weight is 270 g/mol. The molecule has 0 atom stereocenters. The summed E-state index contributed by atoms with van der Waals surface area (Å²) in [5.74, 6) is 0. The van der Waals surface area contributed by atoms with Crippen molar-refractivity contribution in [2.45, 2.75) is 65.4 Å². The molecule has 1 rings (SSSR count). The Morgan fingerprint density at radius 3 is 2.21 bits per heavy atom. The largest absolute Gasteiger partial charge is 0.390 e. The Bertz CT molecular complexity index is 239. The van der Waals surface area contributed by atoms with Crippen LogP contribution in [-0.2, 0) is 0 Å². The lowest BCUT2D eigenvalue weighted by Crippen LogP contribution is -2.49. The van der Waals surface area contributed by atoms with Crippen LogP contribution in [0.2, 0.25) is 0 Å². The van der Waals surface area contributed by atoms with Gasteiger partial charge in [-0.05, 0) is 51.0 Å². The first-order chi connectivity index (χ1) is 8.97. The number of nitrogens with one attached hydrogen (secondary N) is 1. The van der Waals surface area contributed by atoms with E-state index in [0.29, 0.717) is 5.41 Å². The zero-order valence-corrected chi connectivity index (χ0v) is 13.5. The molecular weight excluding hydrogens is 236 g/mol. The molecule has 0 bridgehead atoms. The van der Waals surface area contributed by atoms with E-state index < -0.39 is 5.60 Å². The Kier molecular flexibility index (Phi) is 6.78. The van der Waals surface area contributed by atoms with Crippen molar-refractivity contribution in [1.82, 2.24) is 10.2 Å². The van der Waals surface area contributed by atoms with Crippen LogP contribution in [0.1, 0.15) is 59.8 Å². The highest BCUT2D eigenvalue weighted by atomic mass is 16.3. The third-order valence-electron chi connectivity index (χ3n) is 4.92. The van der Waals surface area contributed by atoms with Crippen molar-refractivity contribution in [2.24, 2.45) is 5.41 Å². The molecule has 3 nitrogen and oxygen atoms in total. The molecule has 0 unspecified atom stereocenters. The van der Waals surface area contributed by atoms with Crippen LogP contribution in [0.25, 0.3) is 0 Å². The van der Waals surface area contributed by atoms with Gasteiger partial charge in [0.1, 0.15) is 0 Å². The van der Waals surface area contributed by atoms with Crippen LogP contribution in [0, 0.1) is 5.41 Å². The highest BCUT2D eigenvalue weighted by Crippen LogP contribution is 2.30. The van der Waals surface area contributed by atoms with Gasteiger partial charge in [0.15, 0.2) is 0 Å². The maximum Gasteiger partial charge on any atom is 0.0644 e. The molecule has 19 heavy (non-hydrogen) atoms. The molecular formula is C16H34N2O. The van der Waals surface area contributed by atoms with E-state index in [9.17, 15) is 5.11 Å². The summed E-state index contributed by atoms with van der Waals surface area (Å²) in [4.78, 5) is 2.55. The first-order valence-corrected chi connectivity index (χ1v) is 8.12. The van der Waals surface area contributed by atoms with Crippen LogP contribution in [0.15, 0.2) is 0 Å². The molecule has 0 spiro atoms. The smallest absolute Gasteiger partial charge is 0.0644 e. The third kappa shape index (κ3) is 5.41. The Morgan fingerprint density at radius 1 is 1.16 bits per heavy atom. The van der Waals surface area contributed by atoms with Crippen molar-refractivity contribution >= 4 is 0 Å². The van der Waals surface area contributed by atoms with Gasteiger partial charge < -0.3 is 15.3 Å². The zero-order valence-electron chi connectivity index (χ0n) is 13.5. The first kappa shape index (κ1) is 16.9. The summed E-state index contributed by atoms with van der Waals surface area (Å²) < 4.78 is 0. The van der Waals surface area contributed by atoms with Gasteiger partial charge in [-0.15, -0.1) is 0 Å². The van der Waals surface area contributed by atoms with Gasteiger partial charge in [0, 0.05) is 26.2 Å². The summed E-state index contributed by atoms with van der Waals surface area (Å²) in [7, 11) is 0. The summed E-state index contributed by atoms with van der Waals surface area (Å²) in [6.07, 6.45) is 5.49. The topological polar surface area (TPSA) is 35.5 Å². The molecule has 1 heterocycles. The molecule has 1 saturated heterocycles. The monoisotopic (exact) mass is 270 g/mol. The van der Waals surface area contributed by atoms with Gasteiger partial charge >= 0.3 is 0 Å². The van der Waals surface area contributed by atoms with Crippen molar-refractivity contribution in [3.05, 3.63) is 0 Å². The summed E-state index contributed by atoms with van der Waals surface area (Å²) in [5.41, 5.74) is -0.0313. The van der Waals surface area contributed by atoms with Crippen LogP contribution >= 0.6 is 0 Å². The second kappa shape index (κ2) is 7.61. The zero-order chi connectivity index (χ0) is 14.4. The van der Waals surface area contributed by atoms with Gasteiger partial charge in [0.05, 0.1) is 5.60 Å². The van der Waals surface area contributed by atoms with Gasteiger partial charge in [-0.1, -0.05) is 20.8 Å². The van der Waals surface area contributed by atoms with Gasteiger partial charge in [-0.2, -0.15) is 0 Å². The second-order valence-corrected chi connectivity index (χ2v) is 6.66. The molecule has 0 aromatic carbocycles. The van der Waals surface area contributed by atoms with Crippen LogP contribution in [0.4, 0.5) is 0 Å². The van der Waals surface area contributed by atoms with Crippen molar-refractivity contribution in [2.75, 3.05) is 32.7 Å². The fourth-order valence-electron chi connectivity index (χ4n) is 2.98. The van der Waals surface area contributed by atoms with E-state index in [2.05, 4.69) is 31.0 Å². The Labute approximate surface area is 119 Å². The van der Waals surface area contributed by atoms with E-state index in [-0.39, 0.29) is 0 Å². The lowest BCUT2D eigenvalue weighted by atomic mass is 9.80. The molecule has 0 radical (unpaired) electrons. The third-order valence-corrected chi connectivity index (χ3v) is 4.92. The molecule has 0 saturated carbocycles. The molecule has 1 aliphatic rings. The number of likely N-dealkylation sites (tertiary alicyclic amines) is 1. The van der Waals surface area contributed by atoms with Crippen molar-refractivity contribution in [3.8, 4) is 0 Å². The van der Waals surface area contributed by atoms with Crippen LogP contribution in [0.5, 0.6) is 0 Å². The van der Waals surface area contributed by atoms with E-state index in [1.54, 1.807) is 0 Å². The molecule has 3 heteroatoms. The van der Waals surface area contributed by atoms with E-state index in [0.717, 1.165) is 39.0 Å². The lowest BCUT2D eigenvalue weighted by Gasteiger charge is -2.42. The minimum Gasteiger partial charge on any atom is -0.390 e. The summed E-state index contributed by atoms with van der Waals surface area (Å²) in [6.45, 7) is 14.3. The molecule has 0 amide bonds. The fraction of sp³-hybridized carbons (Fsp3) is 1.00. The van der Waals surface area contributed by atoms with E-state index in [1.807, 2.05) is 6.92 Å². The number of piperidine rings is 1. The number of nitrogens with zero attached hydrogens (tertiary/aromatic N) is 1. The Balaban J connectivity index is 2.48. The van der Waals surface area contributed by atoms with Crippen LogP contribution < -0.4 is 5.32 Å². The van der Waals surface area contributed by atoms with Crippen LogP contribution in [-0.4, -0.2) is 48.3 Å². The minimum absolute atomic E-state index is 0.401. The highest BCUT2D eigenvalue weighted by Gasteiger charge is 2.33. The maximum absolute atomic E-state index is 10.0. The quantitative estimate of drug-likeness (QED) is 0.666. The average Bonchev–Trinajstić information content (AvgIpc) is 2.40. The van der Waals surface area contributed by atoms with E-state index in [4.69, 9.17) is 0 Å². The van der Waals surface area contributed by atoms with Gasteiger partial charge in [0.2, 0.25) is 0 Å². The molecule has 0 aromatic rings. The van der Waals surface area contributed by atoms with Crippen molar-refractivity contribution in [3.63, 3.8) is 0 Å². The molecule has 2 N–H and O–H groups in total. The predicted molar refractivity (Wildman–Crippen MR) is 82.5 cm³/mol. The first-order valence-electron chi connectivity index (χ1n) is 8.12. The summed E-state index contributed by atoms with van der Waals surface area (Å²) in [6, 6.07) is 0. The Morgan fingerprint density at radius 2 is 1.74 bits per heavy atom. The van der Waals surface area contributed by atoms with Crippen molar-refractivity contribution in [1.29, 1.82) is 0 Å². The SMILES string of the molecule is CCCNCC(CC)(CC)CN1CCC(C)(O)CC1. The molecule has 0 aliphatic carbocycles. The number of hydrogen-bond acceptors (Lipinski definition) is 3. The Hall–Kier alpha value is -0.120. The number of rotatable bonds is 8. The predicted octanol–water partition coefficient (Wildman–Crippen LogP) is 2.64. The van der Waals surface area contributed by atoms with Gasteiger partial charge in [-0.3, -0.25) is 0 Å². The summed E-state index contributed by atoms with van der Waals surface area (Å²) >= 11 is 0. The number of aliphatic hydroxyl groups is 1. The molecule has 1 aliphatic heterocycles. The molecule has 0 aromatic heterocycles. The van der Waals surface area contributed by atoms with E-state index >= 15 is 0 Å². The van der Waals surface area contributed by atoms with Crippen molar-refractivity contribution < 1.29 is 5.11 Å². The maximum atomic E-state index is 10.0. The second-order valence-electron chi connectivity index (χ2n) is 6.66. The standard InChI is InChI=1S/C16H34N2O/c1-5-10-17-13-16(6-2,7-3)14-18-11-8-15(4,19)9-12-18/h17,19H,5-14H2,1-4H3. The normalized spacial score (nSPS) is 20.7. The fourth-order valence-corrected chi connectivity index (χ4v) is 2.98. The van der Waals surface area contributed by atoms with Crippen LogP contribution in [0.3, 0.4) is 0 Å². The van der Waals surface area contributed by atoms with Gasteiger partial charge in [0.25, 0.3) is 0 Å². The lowest BCUT2D eigenvalue weighted by molar-refractivity contribution is -0.0169. The molecule has 114 valence electrons. The van der Waals surface area contributed by atoms with Gasteiger partial charge in [-0.25, -0.2) is 0 Å². The summed E-state index contributed by atoms with van der Waals surface area (Å²) in [5, 5.41) is 13.6. The van der Waals surface area contributed by atoms with E-state index in [1.165, 1.54) is 25.8 Å². The minimum atomic E-state index is -0.432. The number of hydrogen-bond donors (Lipinski definition) is 2. The molecule has 1 fully saturated rings.